The molecule has 2 heterocycles. The van der Waals surface area contributed by atoms with Crippen LogP contribution in [0.5, 0.6) is 11.5 Å². The van der Waals surface area contributed by atoms with Gasteiger partial charge in [-0.1, -0.05) is 33.0 Å². The molecule has 0 saturated carbocycles. The molecule has 2 N–H and O–H groups in total. The van der Waals surface area contributed by atoms with E-state index in [4.69, 9.17) is 32.4 Å². The molecule has 0 saturated heterocycles. The number of aromatic nitrogens is 2. The van der Waals surface area contributed by atoms with Crippen LogP contribution in [0.15, 0.2) is 12.1 Å². The Labute approximate surface area is 135 Å². The number of imidazole rings is 1. The molecule has 0 radical (unpaired) electrons. The van der Waals surface area contributed by atoms with Gasteiger partial charge in [-0.25, -0.2) is 4.98 Å². The lowest BCUT2D eigenvalue weighted by Gasteiger charge is -2.15. The van der Waals surface area contributed by atoms with Crippen LogP contribution in [0.2, 0.25) is 0 Å². The van der Waals surface area contributed by atoms with Crippen molar-refractivity contribution in [3.05, 3.63) is 18.0 Å². The Balaban J connectivity index is 2.09. The van der Waals surface area contributed by atoms with Crippen molar-refractivity contribution in [2.75, 3.05) is 6.79 Å². The predicted molar refractivity (Wildman–Crippen MR) is 90.3 cm³/mol. The molecule has 1 aromatic heterocycles. The van der Waals surface area contributed by atoms with Gasteiger partial charge in [0.15, 0.2) is 11.5 Å². The summed E-state index contributed by atoms with van der Waals surface area (Å²) in [6, 6.07) is 3.95. The minimum atomic E-state index is 0.115. The molecule has 118 valence electrons. The number of nitrogens with zero attached hydrogens (tertiary/aromatic N) is 2. The second-order valence-corrected chi connectivity index (χ2v) is 6.71. The number of nitrogens with two attached hydrogens (primary N) is 1. The zero-order chi connectivity index (χ0) is 15.9. The van der Waals surface area contributed by atoms with E-state index < -0.39 is 0 Å². The quantitative estimate of drug-likeness (QED) is 0.859. The third-order valence-electron chi connectivity index (χ3n) is 3.85. The second-order valence-electron chi connectivity index (χ2n) is 6.23. The number of rotatable bonds is 5. The Kier molecular flexibility index (Phi) is 3.95. The van der Waals surface area contributed by atoms with Crippen molar-refractivity contribution in [3.63, 3.8) is 0 Å². The molecule has 22 heavy (non-hydrogen) atoms. The molecule has 0 spiro atoms. The van der Waals surface area contributed by atoms with Crippen LogP contribution in [-0.4, -0.2) is 21.3 Å². The zero-order valence-electron chi connectivity index (χ0n) is 13.1. The highest BCUT2D eigenvalue weighted by atomic mass is 32.1. The molecular formula is C16H21N3O2S. The Hall–Kier alpha value is -1.82. The predicted octanol–water partition coefficient (Wildman–Crippen LogP) is 2.89. The normalized spacial score (nSPS) is 14.7. The van der Waals surface area contributed by atoms with E-state index in [9.17, 15) is 0 Å². The van der Waals surface area contributed by atoms with Crippen LogP contribution in [0.4, 0.5) is 0 Å². The van der Waals surface area contributed by atoms with Crippen LogP contribution in [-0.2, 0) is 13.0 Å². The molecule has 6 heteroatoms. The van der Waals surface area contributed by atoms with Gasteiger partial charge in [-0.3, -0.25) is 0 Å². The van der Waals surface area contributed by atoms with Crippen molar-refractivity contribution in [1.29, 1.82) is 0 Å². The summed E-state index contributed by atoms with van der Waals surface area (Å²) in [5.41, 5.74) is 7.76. The van der Waals surface area contributed by atoms with E-state index in [0.717, 1.165) is 41.3 Å². The van der Waals surface area contributed by atoms with Gasteiger partial charge < -0.3 is 19.8 Å². The van der Waals surface area contributed by atoms with Crippen molar-refractivity contribution < 1.29 is 9.47 Å². The molecule has 0 aliphatic carbocycles. The van der Waals surface area contributed by atoms with E-state index in [1.54, 1.807) is 0 Å². The lowest BCUT2D eigenvalue weighted by atomic mass is 10.1. The summed E-state index contributed by atoms with van der Waals surface area (Å²) in [6.45, 7) is 7.41. The van der Waals surface area contributed by atoms with E-state index in [2.05, 4.69) is 18.4 Å². The second kappa shape index (κ2) is 5.76. The van der Waals surface area contributed by atoms with E-state index in [1.165, 1.54) is 0 Å². The van der Waals surface area contributed by atoms with Crippen molar-refractivity contribution in [1.82, 2.24) is 9.55 Å². The summed E-state index contributed by atoms with van der Waals surface area (Å²) >= 11 is 5.12. The van der Waals surface area contributed by atoms with Gasteiger partial charge >= 0.3 is 0 Å². The van der Waals surface area contributed by atoms with E-state index in [0.29, 0.717) is 10.9 Å². The lowest BCUT2D eigenvalue weighted by molar-refractivity contribution is 0.174. The Morgan fingerprint density at radius 1 is 1.32 bits per heavy atom. The maximum atomic E-state index is 5.79. The summed E-state index contributed by atoms with van der Waals surface area (Å²) in [6.07, 6.45) is 0.908. The average Bonchev–Trinajstić information content (AvgIpc) is 3.00. The first-order valence-electron chi connectivity index (χ1n) is 7.53. The van der Waals surface area contributed by atoms with Crippen LogP contribution < -0.4 is 15.2 Å². The summed E-state index contributed by atoms with van der Waals surface area (Å²) in [5.74, 6) is 3.22. The summed E-state index contributed by atoms with van der Waals surface area (Å²) < 4.78 is 13.1. The molecule has 5 nitrogen and oxygen atoms in total. The van der Waals surface area contributed by atoms with Gasteiger partial charge in [0, 0.05) is 31.0 Å². The van der Waals surface area contributed by atoms with E-state index in [1.807, 2.05) is 19.1 Å². The Morgan fingerprint density at radius 3 is 2.64 bits per heavy atom. The smallest absolute Gasteiger partial charge is 0.231 e. The van der Waals surface area contributed by atoms with Gasteiger partial charge in [-0.2, -0.15) is 0 Å². The zero-order valence-corrected chi connectivity index (χ0v) is 13.9. The molecule has 1 aliphatic heterocycles. The molecule has 1 aliphatic rings. The molecule has 3 rings (SSSR count). The topological polar surface area (TPSA) is 62.3 Å². The lowest BCUT2D eigenvalue weighted by Crippen LogP contribution is -2.24. The fourth-order valence-corrected chi connectivity index (χ4v) is 2.73. The van der Waals surface area contributed by atoms with Crippen LogP contribution >= 0.6 is 12.2 Å². The van der Waals surface area contributed by atoms with Gasteiger partial charge in [0.2, 0.25) is 6.79 Å². The highest BCUT2D eigenvalue weighted by Crippen LogP contribution is 2.36. The van der Waals surface area contributed by atoms with Crippen LogP contribution in [0, 0.1) is 11.8 Å². The van der Waals surface area contributed by atoms with Crippen LogP contribution in [0.3, 0.4) is 0 Å². The van der Waals surface area contributed by atoms with Crippen LogP contribution in [0.1, 0.15) is 26.6 Å². The number of benzene rings is 1. The monoisotopic (exact) mass is 319 g/mol. The molecule has 2 aromatic rings. The van der Waals surface area contributed by atoms with Gasteiger partial charge in [0.1, 0.15) is 5.82 Å². The summed E-state index contributed by atoms with van der Waals surface area (Å²) in [7, 11) is 0. The molecule has 0 fully saturated rings. The SMILES string of the molecule is CC(C)Cc1nc2cc3c(cc2n1CC(C)C(N)=S)OCO3. The fraction of sp³-hybridized carbons (Fsp3) is 0.500. The van der Waals surface area contributed by atoms with Crippen LogP contribution in [0.25, 0.3) is 11.0 Å². The number of thiocarbonyl (C=S) groups is 1. The highest BCUT2D eigenvalue weighted by molar-refractivity contribution is 7.80. The Morgan fingerprint density at radius 2 is 2.00 bits per heavy atom. The maximum absolute atomic E-state index is 5.79. The van der Waals surface area contributed by atoms with Crippen molar-refractivity contribution in [3.8, 4) is 11.5 Å². The summed E-state index contributed by atoms with van der Waals surface area (Å²) in [4.78, 5) is 5.31. The molecule has 1 unspecified atom stereocenters. The molecule has 0 bridgehead atoms. The van der Waals surface area contributed by atoms with Gasteiger partial charge in [0.25, 0.3) is 0 Å². The van der Waals surface area contributed by atoms with Gasteiger partial charge in [-0.05, 0) is 5.92 Å². The van der Waals surface area contributed by atoms with Crippen molar-refractivity contribution in [2.45, 2.75) is 33.7 Å². The molecular weight excluding hydrogens is 298 g/mol. The van der Waals surface area contributed by atoms with Crippen molar-refractivity contribution in [2.24, 2.45) is 17.6 Å². The molecule has 0 amide bonds. The minimum Gasteiger partial charge on any atom is -0.454 e. The number of hydrogen-bond donors (Lipinski definition) is 1. The first-order valence-corrected chi connectivity index (χ1v) is 7.94. The largest absolute Gasteiger partial charge is 0.454 e. The van der Waals surface area contributed by atoms with E-state index in [-0.39, 0.29) is 12.7 Å². The minimum absolute atomic E-state index is 0.115. The first kappa shape index (κ1) is 15.1. The maximum Gasteiger partial charge on any atom is 0.231 e. The van der Waals surface area contributed by atoms with E-state index >= 15 is 0 Å². The van der Waals surface area contributed by atoms with Gasteiger partial charge in [0.05, 0.1) is 16.0 Å². The third-order valence-corrected chi connectivity index (χ3v) is 4.26. The molecule has 1 aromatic carbocycles. The van der Waals surface area contributed by atoms with Crippen molar-refractivity contribution >= 4 is 28.2 Å². The Bertz CT molecular complexity index is 724. The first-order chi connectivity index (χ1) is 10.5. The van der Waals surface area contributed by atoms with Gasteiger partial charge in [-0.15, -0.1) is 0 Å². The number of fused-ring (bicyclic) bond motifs is 2. The number of ether oxygens (including phenoxy) is 2. The summed E-state index contributed by atoms with van der Waals surface area (Å²) in [5, 5.41) is 0. The average molecular weight is 319 g/mol. The number of hydrogen-bond acceptors (Lipinski definition) is 4. The molecule has 1 atom stereocenters. The fourth-order valence-electron chi connectivity index (χ4n) is 2.65. The highest BCUT2D eigenvalue weighted by Gasteiger charge is 2.20. The third kappa shape index (κ3) is 2.75. The standard InChI is InChI=1S/C16H21N3O2S/c1-9(2)4-15-18-11-5-13-14(21-8-20-13)6-12(11)19(15)7-10(3)16(17)22/h5-6,9-10H,4,7-8H2,1-3H3,(H2,17,22).